The Balaban J connectivity index is 1.04. The molecule has 0 amide bonds. The summed E-state index contributed by atoms with van der Waals surface area (Å²) in [5.41, 5.74) is 15.8. The van der Waals surface area contributed by atoms with Crippen molar-refractivity contribution in [2.75, 3.05) is 66.1 Å². The third kappa shape index (κ3) is 10.5. The lowest BCUT2D eigenvalue weighted by Crippen LogP contribution is -2.16. The Hall–Kier alpha value is -8.06. The predicted molar refractivity (Wildman–Crippen MR) is 286 cm³/mol. The summed E-state index contributed by atoms with van der Waals surface area (Å²) in [7, 11) is 0. The van der Waals surface area contributed by atoms with Crippen LogP contribution in [-0.2, 0) is 25.6 Å². The van der Waals surface area contributed by atoms with E-state index >= 15 is 0 Å². The Kier molecular flexibility index (Phi) is 14.4. The van der Waals surface area contributed by atoms with Gasteiger partial charge in [-0.3, -0.25) is 0 Å². The van der Waals surface area contributed by atoms with Crippen LogP contribution in [0.15, 0.2) is 158 Å². The van der Waals surface area contributed by atoms with E-state index in [4.69, 9.17) is 43.1 Å². The molecule has 0 fully saturated rings. The highest BCUT2D eigenvalue weighted by Crippen LogP contribution is 2.41. The average molecular weight is 955 g/mol. The number of nitrogens with zero attached hydrogens (tertiary/aromatic N) is 2. The molecule has 2 N–H and O–H groups in total. The molecule has 3 aromatic heterocycles. The Morgan fingerprint density at radius 2 is 0.764 bits per heavy atom. The van der Waals surface area contributed by atoms with Crippen LogP contribution >= 0.6 is 0 Å². The summed E-state index contributed by atoms with van der Waals surface area (Å²) in [6, 6.07) is 53.9. The van der Waals surface area contributed by atoms with Crippen molar-refractivity contribution in [2.45, 2.75) is 6.61 Å². The van der Waals surface area contributed by atoms with Gasteiger partial charge >= 0.3 is 0 Å². The van der Waals surface area contributed by atoms with Gasteiger partial charge in [0.1, 0.15) is 25.6 Å². The Labute approximate surface area is 418 Å². The molecule has 8 bridgehead atoms. The number of hydrogen-bond donors (Lipinski definition) is 2. The van der Waals surface area contributed by atoms with Crippen molar-refractivity contribution >= 4 is 46.4 Å². The van der Waals surface area contributed by atoms with Gasteiger partial charge in [0.25, 0.3) is 0 Å². The molecule has 0 atom stereocenters. The smallest absolute Gasteiger partial charge is 0.161 e. The number of hydrogen-bond acceptors (Lipinski definition) is 9. The van der Waals surface area contributed by atoms with Gasteiger partial charge in [-0.25, -0.2) is 9.97 Å². The van der Waals surface area contributed by atoms with Crippen LogP contribution in [-0.4, -0.2) is 86.0 Å². The van der Waals surface area contributed by atoms with Crippen LogP contribution in [0.1, 0.15) is 28.3 Å². The van der Waals surface area contributed by atoms with E-state index in [2.05, 4.69) is 137 Å². The lowest BCUT2D eigenvalue weighted by Gasteiger charge is -2.16. The van der Waals surface area contributed by atoms with E-state index in [1.165, 1.54) is 0 Å². The molecule has 0 unspecified atom stereocenters. The van der Waals surface area contributed by atoms with Crippen molar-refractivity contribution in [3.05, 3.63) is 186 Å². The Morgan fingerprint density at radius 3 is 1.24 bits per heavy atom. The third-order valence-electron chi connectivity index (χ3n) is 12.6. The first kappa shape index (κ1) is 46.3. The summed E-state index contributed by atoms with van der Waals surface area (Å²) < 4.78 is 42.0. The van der Waals surface area contributed by atoms with Crippen molar-refractivity contribution in [1.82, 2.24) is 19.9 Å². The summed E-state index contributed by atoms with van der Waals surface area (Å²) in [6.45, 7) is 4.67. The predicted octanol–water partition coefficient (Wildman–Crippen LogP) is 12.7. The summed E-state index contributed by atoms with van der Waals surface area (Å²) in [4.78, 5) is 18.6. The summed E-state index contributed by atoms with van der Waals surface area (Å²) in [5, 5.41) is 0. The van der Waals surface area contributed by atoms with Crippen LogP contribution in [0.25, 0.3) is 90.9 Å². The van der Waals surface area contributed by atoms with Crippen LogP contribution in [0.3, 0.4) is 0 Å². The molecular weight excluding hydrogens is 901 g/mol. The number of nitrogens with one attached hydrogen (secondary N) is 2. The van der Waals surface area contributed by atoms with Crippen molar-refractivity contribution in [3.63, 3.8) is 0 Å². The third-order valence-corrected chi connectivity index (χ3v) is 12.6. The number of ether oxygens (including phenoxy) is 7. The van der Waals surface area contributed by atoms with Gasteiger partial charge in [-0.15, -0.1) is 0 Å². The number of aromatic nitrogens is 4. The molecule has 11 nitrogen and oxygen atoms in total. The molecule has 11 rings (SSSR count). The molecule has 360 valence electrons. The van der Waals surface area contributed by atoms with Crippen LogP contribution < -0.4 is 14.2 Å². The average Bonchev–Trinajstić information content (AvgIpc) is 4.28. The highest BCUT2D eigenvalue weighted by molar-refractivity contribution is 6.00. The second-order valence-electron chi connectivity index (χ2n) is 17.3. The number of aromatic amines is 2. The molecule has 11 heteroatoms. The van der Waals surface area contributed by atoms with E-state index < -0.39 is 0 Å². The maximum atomic E-state index is 6.83. The maximum Gasteiger partial charge on any atom is 0.161 e. The molecule has 72 heavy (non-hydrogen) atoms. The molecule has 0 radical (unpaired) electrons. The molecule has 3 aliphatic rings. The molecule has 0 saturated carbocycles. The monoisotopic (exact) mass is 954 g/mol. The molecule has 0 spiro atoms. The van der Waals surface area contributed by atoms with Gasteiger partial charge in [-0.1, -0.05) is 115 Å². The quantitative estimate of drug-likeness (QED) is 0.161. The molecule has 8 aromatic rings. The van der Waals surface area contributed by atoms with Crippen molar-refractivity contribution in [1.29, 1.82) is 0 Å². The fourth-order valence-electron chi connectivity index (χ4n) is 9.23. The zero-order chi connectivity index (χ0) is 48.3. The number of H-pyrrole nitrogens is 2. The van der Waals surface area contributed by atoms with Crippen LogP contribution in [0, 0.1) is 0 Å². The van der Waals surface area contributed by atoms with Crippen LogP contribution in [0.4, 0.5) is 0 Å². The largest absolute Gasteiger partial charge is 0.488 e. The van der Waals surface area contributed by atoms with Crippen molar-refractivity contribution in [2.24, 2.45) is 0 Å². The normalized spacial score (nSPS) is 14.6. The van der Waals surface area contributed by atoms with Gasteiger partial charge in [0, 0.05) is 49.9 Å². The first-order valence-corrected chi connectivity index (χ1v) is 24.5. The van der Waals surface area contributed by atoms with Crippen molar-refractivity contribution < 1.29 is 33.2 Å². The molecule has 6 heterocycles. The molecule has 0 saturated heterocycles. The highest BCUT2D eigenvalue weighted by Gasteiger charge is 2.21. The standard InChI is InChI=1S/C61H54N4O7/c1-4-12-43(13-5-1)58-47-21-23-49(62-47)59(44-14-6-2-7-15-44)51-25-27-53(64-51)61(54-28-26-52(65-54)60(45-16-8-3-9-17-45)50-24-22-48(58)63-50)46-18-10-11-19-55(46)72-41-42-20-29-56-57(40-42)71-39-37-69-35-33-67-31-30-66-32-34-68-36-38-70-56/h1-29,40,62,65H,30-39,41H2. The van der Waals surface area contributed by atoms with Crippen LogP contribution in [0.5, 0.6) is 17.2 Å². The van der Waals surface area contributed by atoms with E-state index in [0.29, 0.717) is 83.3 Å². The lowest BCUT2D eigenvalue weighted by atomic mass is 10.0. The van der Waals surface area contributed by atoms with Gasteiger partial charge in [0.05, 0.1) is 75.6 Å². The van der Waals surface area contributed by atoms with E-state index in [1.54, 1.807) is 0 Å². The molecule has 0 aliphatic carbocycles. The number of para-hydroxylation sites is 1. The molecular formula is C61H54N4O7. The first-order chi connectivity index (χ1) is 35.7. The van der Waals surface area contributed by atoms with E-state index in [-0.39, 0.29) is 6.61 Å². The van der Waals surface area contributed by atoms with Gasteiger partial charge in [0.15, 0.2) is 11.5 Å². The van der Waals surface area contributed by atoms with E-state index in [1.807, 2.05) is 54.6 Å². The van der Waals surface area contributed by atoms with E-state index in [9.17, 15) is 0 Å². The summed E-state index contributed by atoms with van der Waals surface area (Å²) in [5.74, 6) is 1.90. The van der Waals surface area contributed by atoms with E-state index in [0.717, 1.165) is 94.9 Å². The lowest BCUT2D eigenvalue weighted by molar-refractivity contribution is -0.00842. The zero-order valence-electron chi connectivity index (χ0n) is 39.9. The zero-order valence-corrected chi connectivity index (χ0v) is 39.9. The fourth-order valence-corrected chi connectivity index (χ4v) is 9.23. The van der Waals surface area contributed by atoms with Crippen LogP contribution in [0.2, 0.25) is 0 Å². The second-order valence-corrected chi connectivity index (χ2v) is 17.3. The minimum absolute atomic E-state index is 0.257. The van der Waals surface area contributed by atoms with Gasteiger partial charge in [-0.2, -0.15) is 0 Å². The molecule has 3 aliphatic heterocycles. The van der Waals surface area contributed by atoms with Gasteiger partial charge in [0.2, 0.25) is 0 Å². The first-order valence-electron chi connectivity index (χ1n) is 24.5. The highest BCUT2D eigenvalue weighted by atomic mass is 16.6. The number of rotatable bonds is 7. The number of fused-ring (bicyclic) bond motifs is 9. The minimum Gasteiger partial charge on any atom is -0.488 e. The van der Waals surface area contributed by atoms with Crippen molar-refractivity contribution in [3.8, 4) is 61.8 Å². The minimum atomic E-state index is 0.257. The SMILES string of the molecule is C1=Cc2nc1c(-c1ccccc1)c1ccc([nH]1)c(-c1ccccc1)c1nc(c(-c3ccccc3OCc3ccc4c(c3)OCCOCCOCCOCCOCCO4)c3ccc([nH]3)c2-c2ccccc2)C=C1. The second kappa shape index (κ2) is 22.4. The maximum absolute atomic E-state index is 6.83. The topological polar surface area (TPSA) is 122 Å². The Bertz CT molecular complexity index is 3350. The Morgan fingerprint density at radius 1 is 0.375 bits per heavy atom. The summed E-state index contributed by atoms with van der Waals surface area (Å²) >= 11 is 0. The summed E-state index contributed by atoms with van der Waals surface area (Å²) in [6.07, 6.45) is 8.46. The number of benzene rings is 5. The van der Waals surface area contributed by atoms with Gasteiger partial charge in [-0.05, 0) is 89.0 Å². The fraction of sp³-hybridized carbons (Fsp3) is 0.180. The molecule has 5 aromatic carbocycles. The van der Waals surface area contributed by atoms with Gasteiger partial charge < -0.3 is 43.1 Å².